The summed E-state index contributed by atoms with van der Waals surface area (Å²) in [5.41, 5.74) is 5.85. The average molecular weight is 325 g/mol. The van der Waals surface area contributed by atoms with E-state index in [1.165, 1.54) is 5.71 Å². The van der Waals surface area contributed by atoms with Gasteiger partial charge in [0.1, 0.15) is 11.0 Å². The van der Waals surface area contributed by atoms with E-state index in [0.29, 0.717) is 6.42 Å². The molecule has 23 heavy (non-hydrogen) atoms. The molecule has 0 amide bonds. The normalized spacial score (nSPS) is 27.1. The molecule has 6 heteroatoms. The third-order valence-corrected chi connectivity index (χ3v) is 6.29. The summed E-state index contributed by atoms with van der Waals surface area (Å²) in [7, 11) is 0. The van der Waals surface area contributed by atoms with E-state index in [2.05, 4.69) is 16.4 Å². The van der Waals surface area contributed by atoms with Crippen LogP contribution in [0, 0.1) is 0 Å². The predicted octanol–water partition coefficient (Wildman–Crippen LogP) is 3.27. The Morgan fingerprint density at radius 1 is 1.13 bits per heavy atom. The highest BCUT2D eigenvalue weighted by Gasteiger charge is 2.42. The van der Waals surface area contributed by atoms with Gasteiger partial charge in [0.25, 0.3) is 0 Å². The molecular weight excluding hydrogens is 310 g/mol. The van der Waals surface area contributed by atoms with E-state index in [0.717, 1.165) is 52.9 Å². The van der Waals surface area contributed by atoms with Crippen molar-refractivity contribution >= 4 is 34.3 Å². The molecule has 0 spiro atoms. The van der Waals surface area contributed by atoms with Crippen LogP contribution in [-0.4, -0.2) is 32.8 Å². The second-order valence-electron chi connectivity index (χ2n) is 6.27. The topological polar surface area (TPSA) is 68.3 Å². The van der Waals surface area contributed by atoms with E-state index in [9.17, 15) is 4.79 Å². The van der Waals surface area contributed by atoms with Gasteiger partial charge in [0.15, 0.2) is 5.78 Å². The monoisotopic (exact) mass is 325 g/mol. The van der Waals surface area contributed by atoms with Gasteiger partial charge in [-0.3, -0.25) is 9.79 Å². The van der Waals surface area contributed by atoms with Crippen LogP contribution in [0.4, 0.5) is 0 Å². The van der Waals surface area contributed by atoms with E-state index in [4.69, 9.17) is 9.62 Å². The standard InChI is InChI=1S/C17H15N3O2S/c21-14-3-1-2-11-16(14)15(17-12(18-11)6-7-23-17)9-4-5-10-13(8-9)20-22-19-10/h4-5,8,15,17H,1-3,6-7H2/t15-,17?/m1/s1. The van der Waals surface area contributed by atoms with Crippen molar-refractivity contribution in [1.82, 2.24) is 10.3 Å². The Bertz CT molecular complexity index is 883. The number of rotatable bonds is 1. The molecule has 5 nitrogen and oxygen atoms in total. The Morgan fingerprint density at radius 3 is 3.00 bits per heavy atom. The van der Waals surface area contributed by atoms with Crippen LogP contribution in [0.3, 0.4) is 0 Å². The molecule has 1 aromatic heterocycles. The number of aliphatic imine (C=N–C) groups is 1. The Kier molecular flexibility index (Phi) is 2.95. The molecule has 0 bridgehead atoms. The molecule has 0 radical (unpaired) electrons. The van der Waals surface area contributed by atoms with Crippen molar-refractivity contribution in [2.75, 3.05) is 5.75 Å². The molecule has 0 saturated carbocycles. The molecule has 1 unspecified atom stereocenters. The van der Waals surface area contributed by atoms with Gasteiger partial charge in [-0.2, -0.15) is 11.8 Å². The molecule has 2 atom stereocenters. The quantitative estimate of drug-likeness (QED) is 0.805. The third kappa shape index (κ3) is 2.01. The molecular formula is C17H15N3O2S. The van der Waals surface area contributed by atoms with Gasteiger partial charge in [-0.05, 0) is 53.0 Å². The van der Waals surface area contributed by atoms with Gasteiger partial charge in [-0.1, -0.05) is 6.07 Å². The number of aromatic nitrogens is 2. The lowest BCUT2D eigenvalue weighted by molar-refractivity contribution is -0.116. The summed E-state index contributed by atoms with van der Waals surface area (Å²) in [5, 5.41) is 8.12. The molecule has 1 aromatic carbocycles. The lowest BCUT2D eigenvalue weighted by Gasteiger charge is -2.33. The van der Waals surface area contributed by atoms with Crippen molar-refractivity contribution in [3.8, 4) is 0 Å². The minimum absolute atomic E-state index is 0.0962. The molecule has 3 heterocycles. The SMILES string of the molecule is O=C1CCCC2=C1[C@@H](c1ccc3nonc3c1)C1SCCC1=N2. The lowest BCUT2D eigenvalue weighted by Crippen LogP contribution is -2.32. The maximum atomic E-state index is 12.6. The van der Waals surface area contributed by atoms with E-state index in [1.807, 2.05) is 23.9 Å². The largest absolute Gasteiger partial charge is 0.294 e. The number of thioether (sulfide) groups is 1. The summed E-state index contributed by atoms with van der Waals surface area (Å²) >= 11 is 1.92. The second-order valence-corrected chi connectivity index (χ2v) is 7.52. The average Bonchev–Trinajstić information content (AvgIpc) is 3.21. The maximum Gasteiger partial charge on any atom is 0.161 e. The second kappa shape index (κ2) is 5.03. The van der Waals surface area contributed by atoms with Gasteiger partial charge >= 0.3 is 0 Å². The zero-order valence-electron chi connectivity index (χ0n) is 12.5. The van der Waals surface area contributed by atoms with E-state index in [1.54, 1.807) is 0 Å². The molecule has 2 aliphatic heterocycles. The fourth-order valence-electron chi connectivity index (χ4n) is 3.91. The minimum atomic E-state index is 0.0962. The van der Waals surface area contributed by atoms with Crippen LogP contribution in [0.15, 0.2) is 39.1 Å². The molecule has 0 N–H and O–H groups in total. The number of Topliss-reactive ketones (excluding diaryl/α,β-unsaturated/α-hetero) is 1. The van der Waals surface area contributed by atoms with E-state index >= 15 is 0 Å². The van der Waals surface area contributed by atoms with Crippen molar-refractivity contribution in [3.05, 3.63) is 35.0 Å². The number of ketones is 1. The van der Waals surface area contributed by atoms with Crippen LogP contribution < -0.4 is 0 Å². The van der Waals surface area contributed by atoms with Crippen LogP contribution in [0.5, 0.6) is 0 Å². The van der Waals surface area contributed by atoms with Gasteiger partial charge in [0.05, 0.1) is 5.25 Å². The number of fused-ring (bicyclic) bond motifs is 2. The summed E-state index contributed by atoms with van der Waals surface area (Å²) in [6.45, 7) is 0. The summed E-state index contributed by atoms with van der Waals surface area (Å²) in [6, 6.07) is 6.01. The van der Waals surface area contributed by atoms with Gasteiger partial charge in [-0.15, -0.1) is 0 Å². The fraction of sp³-hybridized carbons (Fsp3) is 0.412. The first kappa shape index (κ1) is 13.5. The molecule has 3 aliphatic rings. The Balaban J connectivity index is 1.70. The van der Waals surface area contributed by atoms with Crippen LogP contribution in [0.25, 0.3) is 11.0 Å². The van der Waals surface area contributed by atoms with Crippen molar-refractivity contribution in [1.29, 1.82) is 0 Å². The number of carbonyl (C=O) groups is 1. The number of hydrogen-bond acceptors (Lipinski definition) is 6. The first-order chi connectivity index (χ1) is 11.3. The third-order valence-electron chi connectivity index (χ3n) is 4.94. The van der Waals surface area contributed by atoms with Crippen molar-refractivity contribution in [2.24, 2.45) is 4.99 Å². The zero-order chi connectivity index (χ0) is 15.4. The van der Waals surface area contributed by atoms with E-state index in [-0.39, 0.29) is 17.0 Å². The van der Waals surface area contributed by atoms with Crippen LogP contribution in [0.1, 0.15) is 37.2 Å². The van der Waals surface area contributed by atoms with Crippen molar-refractivity contribution in [3.63, 3.8) is 0 Å². The first-order valence-corrected chi connectivity index (χ1v) is 9.03. The van der Waals surface area contributed by atoms with Crippen LogP contribution in [0.2, 0.25) is 0 Å². The highest BCUT2D eigenvalue weighted by atomic mass is 32.2. The van der Waals surface area contributed by atoms with Crippen molar-refractivity contribution < 1.29 is 9.42 Å². The Hall–Kier alpha value is -1.95. The lowest BCUT2D eigenvalue weighted by atomic mass is 9.77. The smallest absolute Gasteiger partial charge is 0.161 e. The molecule has 1 aliphatic carbocycles. The predicted molar refractivity (Wildman–Crippen MR) is 88.7 cm³/mol. The molecule has 5 rings (SSSR count). The van der Waals surface area contributed by atoms with Gasteiger partial charge in [0, 0.05) is 29.3 Å². The van der Waals surface area contributed by atoms with Gasteiger partial charge < -0.3 is 0 Å². The minimum Gasteiger partial charge on any atom is -0.294 e. The van der Waals surface area contributed by atoms with E-state index < -0.39 is 0 Å². The molecule has 1 fully saturated rings. The summed E-state index contributed by atoms with van der Waals surface area (Å²) in [5.74, 6) is 1.45. The number of nitrogens with zero attached hydrogens (tertiary/aromatic N) is 3. The number of allylic oxidation sites excluding steroid dienone is 2. The van der Waals surface area contributed by atoms with Gasteiger partial charge in [0.2, 0.25) is 0 Å². The molecule has 1 saturated heterocycles. The summed E-state index contributed by atoms with van der Waals surface area (Å²) in [6.07, 6.45) is 3.52. The summed E-state index contributed by atoms with van der Waals surface area (Å²) < 4.78 is 4.81. The highest BCUT2D eigenvalue weighted by molar-refractivity contribution is 8.01. The Labute approximate surface area is 137 Å². The summed E-state index contributed by atoms with van der Waals surface area (Å²) in [4.78, 5) is 17.5. The van der Waals surface area contributed by atoms with Crippen LogP contribution in [-0.2, 0) is 4.79 Å². The fourth-order valence-corrected chi connectivity index (χ4v) is 5.34. The van der Waals surface area contributed by atoms with Crippen molar-refractivity contribution in [2.45, 2.75) is 36.9 Å². The number of carbonyl (C=O) groups excluding carboxylic acids is 1. The van der Waals surface area contributed by atoms with Crippen LogP contribution >= 0.6 is 11.8 Å². The molecule has 2 aromatic rings. The maximum absolute atomic E-state index is 12.6. The number of hydrogen-bond donors (Lipinski definition) is 0. The zero-order valence-corrected chi connectivity index (χ0v) is 13.3. The highest BCUT2D eigenvalue weighted by Crippen LogP contribution is 2.47. The molecule has 116 valence electrons. The van der Waals surface area contributed by atoms with Gasteiger partial charge in [-0.25, -0.2) is 4.63 Å². The Morgan fingerprint density at radius 2 is 2.04 bits per heavy atom. The first-order valence-electron chi connectivity index (χ1n) is 7.99. The number of benzene rings is 1.